The molecule has 0 unspecified atom stereocenters. The minimum atomic E-state index is 0. The van der Waals surface area contributed by atoms with Gasteiger partial charge in [-0.05, 0) is 19.9 Å². The quantitative estimate of drug-likeness (QED) is 0.653. The van der Waals surface area contributed by atoms with Gasteiger partial charge >= 0.3 is 0 Å². The second-order valence-corrected chi connectivity index (χ2v) is 3.89. The summed E-state index contributed by atoms with van der Waals surface area (Å²) < 4.78 is 5.46. The lowest BCUT2D eigenvalue weighted by atomic mass is 10.3. The molecule has 0 aliphatic carbocycles. The molecule has 0 saturated carbocycles. The minimum absolute atomic E-state index is 0. The summed E-state index contributed by atoms with van der Waals surface area (Å²) in [6.07, 6.45) is 0.0549. The van der Waals surface area contributed by atoms with Crippen LogP contribution in [0.3, 0.4) is 0 Å². The molecule has 3 nitrogen and oxygen atoms in total. The molecular weight excluding hydrogens is 258 g/mol. The van der Waals surface area contributed by atoms with E-state index in [9.17, 15) is 0 Å². The van der Waals surface area contributed by atoms with Crippen LogP contribution in [0.25, 0.3) is 0 Å². The fourth-order valence-corrected chi connectivity index (χ4v) is 1.47. The molecule has 0 heterocycles. The summed E-state index contributed by atoms with van der Waals surface area (Å²) in [7, 11) is 0. The van der Waals surface area contributed by atoms with Crippen molar-refractivity contribution in [1.29, 1.82) is 0 Å². The van der Waals surface area contributed by atoms with Crippen LogP contribution in [0.5, 0.6) is 5.75 Å². The Labute approximate surface area is 105 Å². The molecule has 6 heteroatoms. The van der Waals surface area contributed by atoms with Crippen LogP contribution in [-0.4, -0.2) is 6.10 Å². The van der Waals surface area contributed by atoms with Gasteiger partial charge in [-0.25, -0.2) is 0 Å². The van der Waals surface area contributed by atoms with Gasteiger partial charge in [0.2, 0.25) is 0 Å². The number of hydrogen-bond acceptors (Lipinski definition) is 3. The van der Waals surface area contributed by atoms with Gasteiger partial charge in [-0.3, -0.25) is 5.84 Å². The van der Waals surface area contributed by atoms with E-state index in [-0.39, 0.29) is 18.5 Å². The van der Waals surface area contributed by atoms with E-state index in [2.05, 4.69) is 5.43 Å². The zero-order chi connectivity index (χ0) is 10.7. The average Bonchev–Trinajstić information content (AvgIpc) is 2.09. The van der Waals surface area contributed by atoms with E-state index in [0.717, 1.165) is 0 Å². The predicted molar refractivity (Wildman–Crippen MR) is 67.3 cm³/mol. The molecule has 0 amide bonds. The molecule has 0 saturated heterocycles. The van der Waals surface area contributed by atoms with E-state index >= 15 is 0 Å². The molecular formula is C9H13Cl3N2O. The molecule has 0 radical (unpaired) electrons. The second-order valence-electron chi connectivity index (χ2n) is 3.07. The van der Waals surface area contributed by atoms with Gasteiger partial charge in [0.1, 0.15) is 5.75 Å². The molecule has 1 aromatic rings. The first-order valence-electron chi connectivity index (χ1n) is 4.17. The van der Waals surface area contributed by atoms with E-state index in [1.54, 1.807) is 12.1 Å². The predicted octanol–water partition coefficient (Wildman–Crippen LogP) is 3.49. The van der Waals surface area contributed by atoms with Crippen LogP contribution >= 0.6 is 35.6 Å². The fraction of sp³-hybridized carbons (Fsp3) is 0.333. The number of anilines is 1. The lowest BCUT2D eigenvalue weighted by Gasteiger charge is -2.13. The molecule has 0 atom stereocenters. The van der Waals surface area contributed by atoms with Crippen LogP contribution < -0.4 is 16.0 Å². The van der Waals surface area contributed by atoms with Crippen LogP contribution in [0.2, 0.25) is 10.0 Å². The summed E-state index contributed by atoms with van der Waals surface area (Å²) in [5.41, 5.74) is 3.06. The monoisotopic (exact) mass is 270 g/mol. The Balaban J connectivity index is 0.00000196. The third kappa shape index (κ3) is 3.95. The Kier molecular flexibility index (Phi) is 6.13. The first-order valence-corrected chi connectivity index (χ1v) is 4.92. The van der Waals surface area contributed by atoms with E-state index in [1.807, 2.05) is 13.8 Å². The molecule has 86 valence electrons. The van der Waals surface area contributed by atoms with Gasteiger partial charge in [-0.1, -0.05) is 23.2 Å². The first kappa shape index (κ1) is 14.6. The Morgan fingerprint density at radius 2 is 1.87 bits per heavy atom. The van der Waals surface area contributed by atoms with Crippen molar-refractivity contribution in [2.24, 2.45) is 5.84 Å². The normalized spacial score (nSPS) is 9.73. The highest BCUT2D eigenvalue weighted by Crippen LogP contribution is 2.34. The summed E-state index contributed by atoms with van der Waals surface area (Å²) in [5, 5.41) is 0.941. The highest BCUT2D eigenvalue weighted by atomic mass is 35.5. The molecule has 1 rings (SSSR count). The molecule has 15 heavy (non-hydrogen) atoms. The summed E-state index contributed by atoms with van der Waals surface area (Å²) in [6.45, 7) is 3.83. The molecule has 1 aromatic carbocycles. The van der Waals surface area contributed by atoms with Crippen molar-refractivity contribution in [3.05, 3.63) is 22.2 Å². The van der Waals surface area contributed by atoms with E-state index in [1.165, 1.54) is 0 Å². The summed E-state index contributed by atoms with van der Waals surface area (Å²) in [4.78, 5) is 0. The van der Waals surface area contributed by atoms with E-state index in [0.29, 0.717) is 21.5 Å². The lowest BCUT2D eigenvalue weighted by Crippen LogP contribution is -2.09. The van der Waals surface area contributed by atoms with Crippen LogP contribution in [0.15, 0.2) is 12.1 Å². The number of halogens is 3. The topological polar surface area (TPSA) is 47.3 Å². The third-order valence-corrected chi connectivity index (χ3v) is 2.15. The molecule has 0 aliphatic rings. The van der Waals surface area contributed by atoms with Gasteiger partial charge < -0.3 is 10.2 Å². The second kappa shape index (κ2) is 6.28. The third-order valence-electron chi connectivity index (χ3n) is 1.54. The van der Waals surface area contributed by atoms with Crippen LogP contribution in [0.4, 0.5) is 5.69 Å². The molecule has 3 N–H and O–H groups in total. The van der Waals surface area contributed by atoms with Gasteiger partial charge in [-0.2, -0.15) is 0 Å². The van der Waals surface area contributed by atoms with Gasteiger partial charge in [0.25, 0.3) is 0 Å². The number of benzene rings is 1. The van der Waals surface area contributed by atoms with Gasteiger partial charge in [0, 0.05) is 6.07 Å². The molecule has 0 aliphatic heterocycles. The maximum atomic E-state index is 5.92. The zero-order valence-corrected chi connectivity index (χ0v) is 10.7. The van der Waals surface area contributed by atoms with Crippen LogP contribution in [0.1, 0.15) is 13.8 Å². The van der Waals surface area contributed by atoms with Crippen molar-refractivity contribution < 1.29 is 4.74 Å². The Morgan fingerprint density at radius 1 is 1.27 bits per heavy atom. The highest BCUT2D eigenvalue weighted by molar-refractivity contribution is 6.37. The smallest absolute Gasteiger partial charge is 0.140 e. The van der Waals surface area contributed by atoms with Gasteiger partial charge in [0.05, 0.1) is 21.8 Å². The lowest BCUT2D eigenvalue weighted by molar-refractivity contribution is 0.242. The van der Waals surface area contributed by atoms with Crippen LogP contribution in [0, 0.1) is 0 Å². The zero-order valence-electron chi connectivity index (χ0n) is 8.38. The highest BCUT2D eigenvalue weighted by Gasteiger charge is 2.08. The van der Waals surface area contributed by atoms with Gasteiger partial charge in [-0.15, -0.1) is 12.4 Å². The molecule has 0 aromatic heterocycles. The van der Waals surface area contributed by atoms with Crippen molar-refractivity contribution in [2.45, 2.75) is 20.0 Å². The fourth-order valence-electron chi connectivity index (χ4n) is 0.984. The number of ether oxygens (including phenoxy) is 1. The average molecular weight is 272 g/mol. The molecule has 0 bridgehead atoms. The van der Waals surface area contributed by atoms with Crippen molar-refractivity contribution in [1.82, 2.24) is 0 Å². The van der Waals surface area contributed by atoms with Crippen LogP contribution in [-0.2, 0) is 0 Å². The van der Waals surface area contributed by atoms with Crippen molar-refractivity contribution in [3.63, 3.8) is 0 Å². The van der Waals surface area contributed by atoms with Gasteiger partial charge in [0.15, 0.2) is 0 Å². The van der Waals surface area contributed by atoms with E-state index in [4.69, 9.17) is 33.8 Å². The van der Waals surface area contributed by atoms with Crippen molar-refractivity contribution in [2.75, 3.05) is 5.43 Å². The number of nitrogens with one attached hydrogen (secondary N) is 1. The Bertz CT molecular complexity index is 331. The SMILES string of the molecule is CC(C)Oc1cc(NN)c(Cl)cc1Cl.Cl. The Morgan fingerprint density at radius 3 is 2.33 bits per heavy atom. The summed E-state index contributed by atoms with van der Waals surface area (Å²) in [6, 6.07) is 3.26. The van der Waals surface area contributed by atoms with Crippen molar-refractivity contribution in [3.8, 4) is 5.75 Å². The standard InChI is InChI=1S/C9H12Cl2N2O.ClH/c1-5(2)14-9-4-8(13-12)6(10)3-7(9)11;/h3-5,13H,12H2,1-2H3;1H. The molecule has 0 spiro atoms. The number of hydrogen-bond donors (Lipinski definition) is 2. The first-order chi connectivity index (χ1) is 6.54. The van der Waals surface area contributed by atoms with Crippen molar-refractivity contribution >= 4 is 41.3 Å². The number of hydrazine groups is 1. The van der Waals surface area contributed by atoms with E-state index < -0.39 is 0 Å². The number of rotatable bonds is 3. The summed E-state index contributed by atoms with van der Waals surface area (Å²) >= 11 is 11.8. The summed E-state index contributed by atoms with van der Waals surface area (Å²) in [5.74, 6) is 5.84. The maximum Gasteiger partial charge on any atom is 0.140 e. The maximum absolute atomic E-state index is 5.92. The Hall–Kier alpha value is -0.350. The number of nitrogens with two attached hydrogens (primary N) is 1. The number of nitrogen functional groups attached to an aromatic ring is 1. The molecule has 0 fully saturated rings. The largest absolute Gasteiger partial charge is 0.489 e. The minimum Gasteiger partial charge on any atom is -0.489 e.